The number of nitrogens with one attached hydrogen (secondary N) is 1. The highest BCUT2D eigenvalue weighted by Crippen LogP contribution is 2.24. The van der Waals surface area contributed by atoms with Gasteiger partial charge in [-0.3, -0.25) is 4.79 Å². The molecule has 2 nitrogen and oxygen atoms in total. The molecule has 0 spiro atoms. The third kappa shape index (κ3) is 5.59. The summed E-state index contributed by atoms with van der Waals surface area (Å²) in [6.45, 7) is 8.30. The van der Waals surface area contributed by atoms with Crippen LogP contribution in [-0.2, 0) is 4.79 Å². The number of rotatable bonds is 3. The highest BCUT2D eigenvalue weighted by atomic mass is 79.9. The first-order valence-corrected chi connectivity index (χ1v) is 7.26. The van der Waals surface area contributed by atoms with E-state index < -0.39 is 0 Å². The largest absolute Gasteiger partial charge is 0.325 e. The molecule has 0 bridgehead atoms. The number of anilines is 1. The maximum atomic E-state index is 11.8. The van der Waals surface area contributed by atoms with Gasteiger partial charge >= 0.3 is 0 Å². The molecular weight excluding hydrogens is 298 g/mol. The van der Waals surface area contributed by atoms with Gasteiger partial charge in [-0.25, -0.2) is 0 Å². The van der Waals surface area contributed by atoms with E-state index in [1.54, 1.807) is 11.8 Å². The summed E-state index contributed by atoms with van der Waals surface area (Å²) >= 11 is 5.05. The second-order valence-electron chi connectivity index (χ2n) is 4.91. The summed E-state index contributed by atoms with van der Waals surface area (Å²) in [4.78, 5) is 11.8. The number of halogens is 1. The standard InChI is InChI=1S/C13H18BrNOS/c1-9-7-10(14)5-6-11(9)15-12(16)8-17-13(2,3)4/h5-7H,8H2,1-4H3,(H,15,16). The fraction of sp³-hybridized carbons (Fsp3) is 0.462. The average molecular weight is 316 g/mol. The lowest BCUT2D eigenvalue weighted by Crippen LogP contribution is -2.19. The van der Waals surface area contributed by atoms with Crippen LogP contribution in [0.3, 0.4) is 0 Å². The van der Waals surface area contributed by atoms with Crippen molar-refractivity contribution >= 4 is 39.3 Å². The van der Waals surface area contributed by atoms with Gasteiger partial charge in [0.2, 0.25) is 5.91 Å². The van der Waals surface area contributed by atoms with Crippen molar-refractivity contribution in [2.24, 2.45) is 0 Å². The molecule has 0 saturated heterocycles. The smallest absolute Gasteiger partial charge is 0.234 e. The molecule has 0 aromatic heterocycles. The summed E-state index contributed by atoms with van der Waals surface area (Å²) in [5.41, 5.74) is 1.95. The average Bonchev–Trinajstić information content (AvgIpc) is 2.18. The van der Waals surface area contributed by atoms with E-state index in [0.717, 1.165) is 15.7 Å². The number of carbonyl (C=O) groups is 1. The predicted octanol–water partition coefficient (Wildman–Crippen LogP) is 4.23. The molecule has 1 N–H and O–H groups in total. The fourth-order valence-electron chi connectivity index (χ4n) is 1.24. The van der Waals surface area contributed by atoms with Gasteiger partial charge in [-0.1, -0.05) is 36.7 Å². The Morgan fingerprint density at radius 1 is 1.41 bits per heavy atom. The minimum atomic E-state index is 0.0512. The van der Waals surface area contributed by atoms with E-state index in [1.165, 1.54) is 0 Å². The van der Waals surface area contributed by atoms with Crippen molar-refractivity contribution in [2.45, 2.75) is 32.4 Å². The number of thioether (sulfide) groups is 1. The maximum absolute atomic E-state index is 11.8. The van der Waals surface area contributed by atoms with Gasteiger partial charge in [0.25, 0.3) is 0 Å². The molecule has 0 unspecified atom stereocenters. The van der Waals surface area contributed by atoms with Gasteiger partial charge in [-0.15, -0.1) is 11.8 Å². The van der Waals surface area contributed by atoms with Gasteiger partial charge in [0.15, 0.2) is 0 Å². The zero-order valence-corrected chi connectivity index (χ0v) is 13.0. The summed E-state index contributed by atoms with van der Waals surface area (Å²) in [6.07, 6.45) is 0. The van der Waals surface area contributed by atoms with E-state index in [4.69, 9.17) is 0 Å². The van der Waals surface area contributed by atoms with Crippen LogP contribution in [-0.4, -0.2) is 16.4 Å². The Labute approximate surface area is 116 Å². The molecule has 94 valence electrons. The second kappa shape index (κ2) is 5.91. The van der Waals surface area contributed by atoms with Crippen LogP contribution in [0.4, 0.5) is 5.69 Å². The van der Waals surface area contributed by atoms with Crippen LogP contribution in [0.25, 0.3) is 0 Å². The molecule has 0 aliphatic heterocycles. The molecule has 0 saturated carbocycles. The minimum absolute atomic E-state index is 0.0512. The van der Waals surface area contributed by atoms with Gasteiger partial charge < -0.3 is 5.32 Å². The number of hydrogen-bond donors (Lipinski definition) is 1. The molecule has 0 fully saturated rings. The Morgan fingerprint density at radius 2 is 2.06 bits per heavy atom. The molecule has 1 aromatic rings. The normalized spacial score (nSPS) is 11.4. The quantitative estimate of drug-likeness (QED) is 0.904. The number of hydrogen-bond acceptors (Lipinski definition) is 2. The lowest BCUT2D eigenvalue weighted by atomic mass is 10.2. The molecule has 1 aromatic carbocycles. The monoisotopic (exact) mass is 315 g/mol. The second-order valence-corrected chi connectivity index (χ2v) is 7.63. The van der Waals surface area contributed by atoms with Crippen LogP contribution >= 0.6 is 27.7 Å². The summed E-state index contributed by atoms with van der Waals surface area (Å²) < 4.78 is 1.14. The van der Waals surface area contributed by atoms with Gasteiger partial charge in [-0.05, 0) is 30.7 Å². The first-order valence-electron chi connectivity index (χ1n) is 5.48. The van der Waals surface area contributed by atoms with Gasteiger partial charge in [0.1, 0.15) is 0 Å². The number of aryl methyl sites for hydroxylation is 1. The predicted molar refractivity (Wildman–Crippen MR) is 79.7 cm³/mol. The highest BCUT2D eigenvalue weighted by Gasteiger charge is 2.13. The van der Waals surface area contributed by atoms with Gasteiger partial charge in [-0.2, -0.15) is 0 Å². The summed E-state index contributed by atoms with van der Waals surface area (Å²) in [6, 6.07) is 5.84. The van der Waals surface area contributed by atoms with Gasteiger partial charge in [0, 0.05) is 14.9 Å². The molecule has 1 amide bonds. The van der Waals surface area contributed by atoms with Crippen molar-refractivity contribution in [1.29, 1.82) is 0 Å². The topological polar surface area (TPSA) is 29.1 Å². The Kier molecular flexibility index (Phi) is 5.07. The van der Waals surface area contributed by atoms with E-state index in [2.05, 4.69) is 42.0 Å². The van der Waals surface area contributed by atoms with E-state index in [0.29, 0.717) is 5.75 Å². The van der Waals surface area contributed by atoms with Crippen molar-refractivity contribution < 1.29 is 4.79 Å². The number of carbonyl (C=O) groups excluding carboxylic acids is 1. The van der Waals surface area contributed by atoms with Crippen molar-refractivity contribution in [3.05, 3.63) is 28.2 Å². The fourth-order valence-corrected chi connectivity index (χ4v) is 2.35. The third-order valence-electron chi connectivity index (χ3n) is 2.10. The molecule has 0 heterocycles. The Bertz CT molecular complexity index is 412. The van der Waals surface area contributed by atoms with Crippen molar-refractivity contribution in [3.8, 4) is 0 Å². The lowest BCUT2D eigenvalue weighted by molar-refractivity contribution is -0.113. The molecule has 4 heteroatoms. The highest BCUT2D eigenvalue weighted by molar-refractivity contribution is 9.10. The van der Waals surface area contributed by atoms with E-state index in [1.807, 2.05) is 25.1 Å². The SMILES string of the molecule is Cc1cc(Br)ccc1NC(=O)CSC(C)(C)C. The zero-order chi connectivity index (χ0) is 13.1. The van der Waals surface area contributed by atoms with Crippen LogP contribution in [0, 0.1) is 6.92 Å². The molecule has 0 atom stereocenters. The lowest BCUT2D eigenvalue weighted by Gasteiger charge is -2.17. The van der Waals surface area contributed by atoms with Crippen LogP contribution in [0.2, 0.25) is 0 Å². The molecular formula is C13H18BrNOS. The maximum Gasteiger partial charge on any atom is 0.234 e. The van der Waals surface area contributed by atoms with Crippen molar-refractivity contribution in [1.82, 2.24) is 0 Å². The van der Waals surface area contributed by atoms with Crippen molar-refractivity contribution in [2.75, 3.05) is 11.1 Å². The van der Waals surface area contributed by atoms with Crippen LogP contribution in [0.15, 0.2) is 22.7 Å². The zero-order valence-electron chi connectivity index (χ0n) is 10.6. The molecule has 17 heavy (non-hydrogen) atoms. The van der Waals surface area contributed by atoms with E-state index in [-0.39, 0.29) is 10.7 Å². The first kappa shape index (κ1) is 14.6. The summed E-state index contributed by atoms with van der Waals surface area (Å²) in [5, 5.41) is 2.93. The molecule has 0 radical (unpaired) electrons. The van der Waals surface area contributed by atoms with E-state index in [9.17, 15) is 4.79 Å². The third-order valence-corrected chi connectivity index (χ3v) is 3.86. The van der Waals surface area contributed by atoms with Gasteiger partial charge in [0.05, 0.1) is 5.75 Å². The Balaban J connectivity index is 2.57. The van der Waals surface area contributed by atoms with Crippen LogP contribution in [0.1, 0.15) is 26.3 Å². The van der Waals surface area contributed by atoms with Crippen molar-refractivity contribution in [3.63, 3.8) is 0 Å². The van der Waals surface area contributed by atoms with E-state index >= 15 is 0 Å². The van der Waals surface area contributed by atoms with Crippen LogP contribution < -0.4 is 5.32 Å². The first-order chi connectivity index (χ1) is 7.78. The molecule has 0 aliphatic carbocycles. The minimum Gasteiger partial charge on any atom is -0.325 e. The molecule has 0 aliphatic rings. The van der Waals surface area contributed by atoms with Crippen LogP contribution in [0.5, 0.6) is 0 Å². The summed E-state index contributed by atoms with van der Waals surface area (Å²) in [7, 11) is 0. The molecule has 1 rings (SSSR count). The number of amides is 1. The number of benzene rings is 1. The Hall–Kier alpha value is -0.480. The summed E-state index contributed by atoms with van der Waals surface area (Å²) in [5.74, 6) is 0.536. The Morgan fingerprint density at radius 3 is 2.59 bits per heavy atom.